The number of nitrogens with two attached hydrogens (primary N) is 1. The Kier molecular flexibility index (Phi) is 3.98. The number of halogens is 3. The molecule has 10 heteroatoms. The van der Waals surface area contributed by atoms with Crippen LogP contribution in [0, 0.1) is 0 Å². The second-order valence-electron chi connectivity index (χ2n) is 4.41. The number of rotatable bonds is 4. The largest absolute Gasteiger partial charge is 0.436 e. The molecule has 7 nitrogen and oxygen atoms in total. The van der Waals surface area contributed by atoms with Crippen molar-refractivity contribution in [3.05, 3.63) is 24.2 Å². The van der Waals surface area contributed by atoms with Crippen molar-refractivity contribution in [1.29, 1.82) is 0 Å². The third-order valence-electron chi connectivity index (χ3n) is 2.45. The molecule has 0 unspecified atom stereocenters. The molecule has 0 aliphatic rings. The van der Waals surface area contributed by atoms with Crippen LogP contribution in [-0.4, -0.2) is 19.7 Å². The summed E-state index contributed by atoms with van der Waals surface area (Å²) in [5.74, 6) is 4.64. The molecule has 0 saturated carbocycles. The molecule has 2 heterocycles. The summed E-state index contributed by atoms with van der Waals surface area (Å²) in [5, 5.41) is 4.01. The van der Waals surface area contributed by atoms with Crippen molar-refractivity contribution >= 4 is 5.95 Å². The first-order valence-electron chi connectivity index (χ1n) is 5.94. The highest BCUT2D eigenvalue weighted by atomic mass is 19.4. The SMILES string of the molecule is CC(C)n1cc(Oc2cc(C(F)(F)F)nc(NN)n2)cn1. The summed E-state index contributed by atoms with van der Waals surface area (Å²) in [7, 11) is 0. The number of hydrogen-bond donors (Lipinski definition) is 2. The smallest absolute Gasteiger partial charge is 0.433 e. The second-order valence-corrected chi connectivity index (χ2v) is 4.41. The Morgan fingerprint density at radius 1 is 1.33 bits per heavy atom. The molecule has 0 atom stereocenters. The maximum Gasteiger partial charge on any atom is 0.433 e. The molecule has 0 amide bonds. The molecule has 0 fully saturated rings. The molecule has 0 spiro atoms. The highest BCUT2D eigenvalue weighted by Gasteiger charge is 2.34. The van der Waals surface area contributed by atoms with Crippen molar-refractivity contribution in [2.24, 2.45) is 5.84 Å². The average molecular weight is 302 g/mol. The molecule has 0 aliphatic heterocycles. The predicted octanol–water partition coefficient (Wildman–Crippen LogP) is 2.35. The van der Waals surface area contributed by atoms with Gasteiger partial charge in [0.25, 0.3) is 0 Å². The Balaban J connectivity index is 2.30. The van der Waals surface area contributed by atoms with E-state index < -0.39 is 17.8 Å². The van der Waals surface area contributed by atoms with Gasteiger partial charge >= 0.3 is 6.18 Å². The van der Waals surface area contributed by atoms with Gasteiger partial charge in [-0.05, 0) is 13.8 Å². The van der Waals surface area contributed by atoms with Crippen LogP contribution in [-0.2, 0) is 6.18 Å². The summed E-state index contributed by atoms with van der Waals surface area (Å²) in [5.41, 5.74) is 0.810. The molecule has 2 aromatic heterocycles. The van der Waals surface area contributed by atoms with E-state index in [1.807, 2.05) is 19.3 Å². The maximum atomic E-state index is 12.7. The second kappa shape index (κ2) is 5.56. The van der Waals surface area contributed by atoms with Crippen LogP contribution in [0.15, 0.2) is 18.5 Å². The molecule has 2 aromatic rings. The summed E-state index contributed by atoms with van der Waals surface area (Å²) in [6.45, 7) is 3.80. The van der Waals surface area contributed by atoms with E-state index in [9.17, 15) is 13.2 Å². The van der Waals surface area contributed by atoms with Gasteiger partial charge < -0.3 is 4.74 Å². The Morgan fingerprint density at radius 3 is 2.57 bits per heavy atom. The minimum Gasteiger partial charge on any atom is -0.436 e. The fourth-order valence-electron chi connectivity index (χ4n) is 1.46. The van der Waals surface area contributed by atoms with Gasteiger partial charge in [-0.1, -0.05) is 0 Å². The number of alkyl halides is 3. The van der Waals surface area contributed by atoms with E-state index in [0.29, 0.717) is 6.07 Å². The summed E-state index contributed by atoms with van der Waals surface area (Å²) in [6.07, 6.45) is -1.70. The summed E-state index contributed by atoms with van der Waals surface area (Å²) in [4.78, 5) is 6.93. The molecule has 21 heavy (non-hydrogen) atoms. The van der Waals surface area contributed by atoms with Crippen molar-refractivity contribution in [1.82, 2.24) is 19.7 Å². The lowest BCUT2D eigenvalue weighted by atomic mass is 10.4. The Bertz CT molecular complexity index is 625. The standard InChI is InChI=1S/C11H13F3N6O/c1-6(2)20-5-7(4-16-20)21-9-3-8(11(12,13)14)17-10(18-9)19-15/h3-6H,15H2,1-2H3,(H,17,18,19). The quantitative estimate of drug-likeness (QED) is 0.665. The third-order valence-corrected chi connectivity index (χ3v) is 2.45. The molecule has 3 N–H and O–H groups in total. The highest BCUT2D eigenvalue weighted by Crippen LogP contribution is 2.31. The highest BCUT2D eigenvalue weighted by molar-refractivity contribution is 5.33. The van der Waals surface area contributed by atoms with Gasteiger partial charge in [0.15, 0.2) is 11.4 Å². The van der Waals surface area contributed by atoms with E-state index in [1.54, 1.807) is 10.9 Å². The normalized spacial score (nSPS) is 11.8. The maximum absolute atomic E-state index is 12.7. The van der Waals surface area contributed by atoms with Crippen LogP contribution < -0.4 is 16.0 Å². The van der Waals surface area contributed by atoms with Crippen molar-refractivity contribution < 1.29 is 17.9 Å². The zero-order valence-electron chi connectivity index (χ0n) is 11.2. The molecule has 0 saturated heterocycles. The zero-order chi connectivity index (χ0) is 15.6. The van der Waals surface area contributed by atoms with Crippen LogP contribution >= 0.6 is 0 Å². The van der Waals surface area contributed by atoms with Crippen molar-refractivity contribution in [2.45, 2.75) is 26.1 Å². The Labute approximate surface area is 117 Å². The van der Waals surface area contributed by atoms with E-state index in [0.717, 1.165) is 0 Å². The topological polar surface area (TPSA) is 90.9 Å². The number of anilines is 1. The molecule has 0 radical (unpaired) electrons. The number of nitrogens with one attached hydrogen (secondary N) is 1. The lowest BCUT2D eigenvalue weighted by Gasteiger charge is -2.09. The van der Waals surface area contributed by atoms with Crippen molar-refractivity contribution in [3.63, 3.8) is 0 Å². The van der Waals surface area contributed by atoms with E-state index in [1.165, 1.54) is 6.20 Å². The molecular formula is C11H13F3N6O. The number of aromatic nitrogens is 4. The van der Waals surface area contributed by atoms with Gasteiger partial charge in [-0.2, -0.15) is 23.3 Å². The number of hydrazine groups is 1. The summed E-state index contributed by atoms with van der Waals surface area (Å²) >= 11 is 0. The first kappa shape index (κ1) is 15.0. The minimum absolute atomic E-state index is 0.0970. The van der Waals surface area contributed by atoms with Gasteiger partial charge in [0.1, 0.15) is 0 Å². The van der Waals surface area contributed by atoms with Gasteiger partial charge in [0.05, 0.1) is 12.4 Å². The van der Waals surface area contributed by atoms with E-state index in [2.05, 4.69) is 15.1 Å². The molecule has 0 aromatic carbocycles. The van der Waals surface area contributed by atoms with Gasteiger partial charge in [0.2, 0.25) is 11.8 Å². The number of nitrogens with zero attached hydrogens (tertiary/aromatic N) is 4. The van der Waals surface area contributed by atoms with E-state index in [-0.39, 0.29) is 17.7 Å². The van der Waals surface area contributed by atoms with Gasteiger partial charge in [0, 0.05) is 12.1 Å². The first-order chi connectivity index (χ1) is 9.79. The van der Waals surface area contributed by atoms with Gasteiger partial charge in [-0.15, -0.1) is 0 Å². The first-order valence-corrected chi connectivity index (χ1v) is 5.94. The Hall–Kier alpha value is -2.36. The number of nitrogen functional groups attached to an aromatic ring is 1. The average Bonchev–Trinajstić information content (AvgIpc) is 2.86. The summed E-state index contributed by atoms with van der Waals surface area (Å²) < 4.78 is 45.0. The summed E-state index contributed by atoms with van der Waals surface area (Å²) in [6, 6.07) is 0.785. The Morgan fingerprint density at radius 2 is 2.05 bits per heavy atom. The number of hydrogen-bond acceptors (Lipinski definition) is 6. The van der Waals surface area contributed by atoms with Crippen LogP contribution in [0.5, 0.6) is 11.6 Å². The monoisotopic (exact) mass is 302 g/mol. The molecule has 2 rings (SSSR count). The van der Waals surface area contributed by atoms with Gasteiger partial charge in [-0.25, -0.2) is 10.8 Å². The van der Waals surface area contributed by atoms with Crippen LogP contribution in [0.2, 0.25) is 0 Å². The lowest BCUT2D eigenvalue weighted by Crippen LogP contribution is -2.15. The lowest BCUT2D eigenvalue weighted by molar-refractivity contribution is -0.141. The molecule has 114 valence electrons. The van der Waals surface area contributed by atoms with Crippen LogP contribution in [0.3, 0.4) is 0 Å². The molecular weight excluding hydrogens is 289 g/mol. The number of ether oxygens (including phenoxy) is 1. The molecule has 0 aliphatic carbocycles. The minimum atomic E-state index is -4.63. The van der Waals surface area contributed by atoms with E-state index >= 15 is 0 Å². The van der Waals surface area contributed by atoms with Gasteiger partial charge in [-0.3, -0.25) is 10.1 Å². The predicted molar refractivity (Wildman–Crippen MR) is 67.5 cm³/mol. The fourth-order valence-corrected chi connectivity index (χ4v) is 1.46. The van der Waals surface area contributed by atoms with Crippen molar-refractivity contribution in [3.8, 4) is 11.6 Å². The third kappa shape index (κ3) is 3.60. The molecule has 0 bridgehead atoms. The fraction of sp³-hybridized carbons (Fsp3) is 0.364. The van der Waals surface area contributed by atoms with E-state index in [4.69, 9.17) is 10.6 Å². The zero-order valence-corrected chi connectivity index (χ0v) is 11.2. The van der Waals surface area contributed by atoms with Crippen LogP contribution in [0.4, 0.5) is 19.1 Å². The van der Waals surface area contributed by atoms with Crippen LogP contribution in [0.25, 0.3) is 0 Å². The van der Waals surface area contributed by atoms with Crippen molar-refractivity contribution in [2.75, 3.05) is 5.43 Å². The van der Waals surface area contributed by atoms with Crippen LogP contribution in [0.1, 0.15) is 25.6 Å².